The van der Waals surface area contributed by atoms with Gasteiger partial charge in [0.25, 0.3) is 0 Å². The third-order valence-corrected chi connectivity index (χ3v) is 1.98. The highest BCUT2D eigenvalue weighted by molar-refractivity contribution is 4.61. The first-order valence-electron chi connectivity index (χ1n) is 5.83. The summed E-state index contributed by atoms with van der Waals surface area (Å²) >= 11 is 0. The predicted molar refractivity (Wildman–Crippen MR) is 64.3 cm³/mol. The molecule has 3 heteroatoms. The molecule has 0 aliphatic rings. The van der Waals surface area contributed by atoms with Crippen molar-refractivity contribution in [3.63, 3.8) is 0 Å². The lowest BCUT2D eigenvalue weighted by Crippen LogP contribution is -2.29. The zero-order valence-corrected chi connectivity index (χ0v) is 11.1. The molecule has 0 spiro atoms. The first kappa shape index (κ1) is 14.9. The van der Waals surface area contributed by atoms with Crippen LogP contribution in [0.3, 0.4) is 0 Å². The fourth-order valence-electron chi connectivity index (χ4n) is 1.28. The molecular formula is C12H27NO2. The predicted octanol–water partition coefficient (Wildman–Crippen LogP) is 2.16. The number of ether oxygens (including phenoxy) is 2. The highest BCUT2D eigenvalue weighted by Crippen LogP contribution is 2.05. The van der Waals surface area contributed by atoms with Crippen molar-refractivity contribution >= 4 is 0 Å². The molecule has 0 radical (unpaired) electrons. The largest absolute Gasteiger partial charge is 0.376 e. The fourth-order valence-corrected chi connectivity index (χ4v) is 1.28. The maximum absolute atomic E-state index is 5.80. The maximum atomic E-state index is 5.80. The van der Waals surface area contributed by atoms with Crippen molar-refractivity contribution in [3.05, 3.63) is 0 Å². The highest BCUT2D eigenvalue weighted by Gasteiger charge is 2.12. The number of hydrogen-bond donors (Lipinski definition) is 0. The maximum Gasteiger partial charge on any atom is 0.0824 e. The van der Waals surface area contributed by atoms with Crippen molar-refractivity contribution in [1.82, 2.24) is 4.90 Å². The summed E-state index contributed by atoms with van der Waals surface area (Å²) in [6, 6.07) is 0. The summed E-state index contributed by atoms with van der Waals surface area (Å²) in [5, 5.41) is 0. The smallest absolute Gasteiger partial charge is 0.0824 e. The second kappa shape index (κ2) is 8.08. The van der Waals surface area contributed by atoms with Crippen LogP contribution >= 0.6 is 0 Å². The van der Waals surface area contributed by atoms with Crippen LogP contribution in [0.15, 0.2) is 0 Å². The Kier molecular flexibility index (Phi) is 8.02. The molecular weight excluding hydrogens is 190 g/mol. The Morgan fingerprint density at radius 3 is 2.00 bits per heavy atom. The van der Waals surface area contributed by atoms with Gasteiger partial charge in [-0.15, -0.1) is 0 Å². The molecule has 0 aliphatic carbocycles. The zero-order chi connectivity index (χ0) is 11.8. The Morgan fingerprint density at radius 2 is 1.60 bits per heavy atom. The second-order valence-corrected chi connectivity index (χ2v) is 4.78. The molecule has 0 saturated carbocycles. The van der Waals surface area contributed by atoms with Crippen LogP contribution < -0.4 is 0 Å². The monoisotopic (exact) mass is 217 g/mol. The van der Waals surface area contributed by atoms with Crippen molar-refractivity contribution in [2.45, 2.75) is 52.4 Å². The van der Waals surface area contributed by atoms with E-state index in [0.717, 1.165) is 13.0 Å². The van der Waals surface area contributed by atoms with Crippen molar-refractivity contribution in [2.24, 2.45) is 0 Å². The van der Waals surface area contributed by atoms with Gasteiger partial charge in [0, 0.05) is 6.54 Å². The van der Waals surface area contributed by atoms with Gasteiger partial charge in [-0.1, -0.05) is 0 Å². The summed E-state index contributed by atoms with van der Waals surface area (Å²) in [5.41, 5.74) is 0. The minimum Gasteiger partial charge on any atom is -0.376 e. The van der Waals surface area contributed by atoms with Crippen LogP contribution in [-0.2, 0) is 9.47 Å². The zero-order valence-electron chi connectivity index (χ0n) is 11.1. The molecule has 0 heterocycles. The van der Waals surface area contributed by atoms with Crippen molar-refractivity contribution in [3.8, 4) is 0 Å². The molecule has 0 fully saturated rings. The minimum absolute atomic E-state index is 0.217. The molecule has 0 amide bonds. The summed E-state index contributed by atoms with van der Waals surface area (Å²) in [6.07, 6.45) is 1.79. The van der Waals surface area contributed by atoms with E-state index in [1.54, 1.807) is 0 Å². The first-order valence-corrected chi connectivity index (χ1v) is 5.83. The SMILES string of the molecule is CC(C)OCC(CCN(C)C)OC(C)C. The Hall–Kier alpha value is -0.120. The average Bonchev–Trinajstić information content (AvgIpc) is 2.08. The van der Waals surface area contributed by atoms with Crippen LogP contribution in [0.25, 0.3) is 0 Å². The van der Waals surface area contributed by atoms with Gasteiger partial charge < -0.3 is 14.4 Å². The van der Waals surface area contributed by atoms with E-state index in [9.17, 15) is 0 Å². The summed E-state index contributed by atoms with van der Waals surface area (Å²) < 4.78 is 11.4. The molecule has 0 saturated heterocycles. The topological polar surface area (TPSA) is 21.7 Å². The van der Waals surface area contributed by atoms with E-state index >= 15 is 0 Å². The van der Waals surface area contributed by atoms with Crippen LogP contribution in [0, 0.1) is 0 Å². The molecule has 3 nitrogen and oxygen atoms in total. The van der Waals surface area contributed by atoms with Crippen molar-refractivity contribution in [1.29, 1.82) is 0 Å². The molecule has 92 valence electrons. The Labute approximate surface area is 94.7 Å². The Balaban J connectivity index is 3.84. The van der Waals surface area contributed by atoms with E-state index in [4.69, 9.17) is 9.47 Å². The molecule has 1 atom stereocenters. The summed E-state index contributed by atoms with van der Waals surface area (Å²) in [6.45, 7) is 9.98. The minimum atomic E-state index is 0.217. The van der Waals surface area contributed by atoms with Gasteiger partial charge in [-0.25, -0.2) is 0 Å². The van der Waals surface area contributed by atoms with Crippen LogP contribution in [0.1, 0.15) is 34.1 Å². The molecule has 0 aromatic carbocycles. The van der Waals surface area contributed by atoms with Crippen LogP contribution in [-0.4, -0.2) is 50.5 Å². The van der Waals surface area contributed by atoms with E-state index in [0.29, 0.717) is 6.61 Å². The number of rotatable bonds is 8. The van der Waals surface area contributed by atoms with Crippen molar-refractivity contribution < 1.29 is 9.47 Å². The van der Waals surface area contributed by atoms with Crippen LogP contribution in [0.5, 0.6) is 0 Å². The summed E-state index contributed by atoms with van der Waals surface area (Å²) in [4.78, 5) is 2.17. The third kappa shape index (κ3) is 10.2. The molecule has 0 aromatic rings. The van der Waals surface area contributed by atoms with E-state index in [1.165, 1.54) is 0 Å². The van der Waals surface area contributed by atoms with Gasteiger partial charge in [0.2, 0.25) is 0 Å². The van der Waals surface area contributed by atoms with E-state index < -0.39 is 0 Å². The number of hydrogen-bond acceptors (Lipinski definition) is 3. The molecule has 0 bridgehead atoms. The second-order valence-electron chi connectivity index (χ2n) is 4.78. The normalized spacial score (nSPS) is 14.2. The van der Waals surface area contributed by atoms with E-state index in [-0.39, 0.29) is 18.3 Å². The average molecular weight is 217 g/mol. The molecule has 1 unspecified atom stereocenters. The number of nitrogens with zero attached hydrogens (tertiary/aromatic N) is 1. The molecule has 15 heavy (non-hydrogen) atoms. The first-order chi connectivity index (χ1) is 6.91. The summed E-state index contributed by atoms with van der Waals surface area (Å²) in [5.74, 6) is 0. The Bertz CT molecular complexity index is 135. The quantitative estimate of drug-likeness (QED) is 0.622. The van der Waals surface area contributed by atoms with Gasteiger partial charge in [0.15, 0.2) is 0 Å². The summed E-state index contributed by atoms with van der Waals surface area (Å²) in [7, 11) is 4.16. The van der Waals surface area contributed by atoms with Gasteiger partial charge in [-0.05, 0) is 48.2 Å². The van der Waals surface area contributed by atoms with Gasteiger partial charge in [-0.2, -0.15) is 0 Å². The van der Waals surface area contributed by atoms with Crippen LogP contribution in [0.4, 0.5) is 0 Å². The highest BCUT2D eigenvalue weighted by atomic mass is 16.5. The standard InChI is InChI=1S/C12H27NO2/c1-10(2)14-9-12(15-11(3)4)7-8-13(5)6/h10-12H,7-9H2,1-6H3. The fraction of sp³-hybridized carbons (Fsp3) is 1.00. The van der Waals surface area contributed by atoms with E-state index in [2.05, 4.69) is 46.7 Å². The lowest BCUT2D eigenvalue weighted by atomic mass is 10.2. The molecule has 0 N–H and O–H groups in total. The molecule has 0 aromatic heterocycles. The molecule has 0 aliphatic heterocycles. The lowest BCUT2D eigenvalue weighted by Gasteiger charge is -2.23. The Morgan fingerprint density at radius 1 is 1.00 bits per heavy atom. The van der Waals surface area contributed by atoms with Crippen LogP contribution in [0.2, 0.25) is 0 Å². The van der Waals surface area contributed by atoms with Gasteiger partial charge in [0.05, 0.1) is 24.9 Å². The van der Waals surface area contributed by atoms with Crippen molar-refractivity contribution in [2.75, 3.05) is 27.2 Å². The molecule has 0 rings (SSSR count). The van der Waals surface area contributed by atoms with Gasteiger partial charge in [0.1, 0.15) is 0 Å². The van der Waals surface area contributed by atoms with Gasteiger partial charge in [-0.3, -0.25) is 0 Å². The van der Waals surface area contributed by atoms with Gasteiger partial charge >= 0.3 is 0 Å². The van der Waals surface area contributed by atoms with E-state index in [1.807, 2.05) is 0 Å². The lowest BCUT2D eigenvalue weighted by molar-refractivity contribution is -0.0630. The third-order valence-electron chi connectivity index (χ3n) is 1.98.